The molecule has 3 saturated heterocycles. The van der Waals surface area contributed by atoms with Crippen LogP contribution in [0.2, 0.25) is 5.02 Å². The smallest absolute Gasteiger partial charge is 0.406 e. The molecule has 0 radical (unpaired) electrons. The highest BCUT2D eigenvalue weighted by Gasteiger charge is 2.33. The van der Waals surface area contributed by atoms with Gasteiger partial charge >= 0.3 is 19.1 Å². The maximum Gasteiger partial charge on any atom is 0.573 e. The van der Waals surface area contributed by atoms with Crippen molar-refractivity contribution in [2.24, 2.45) is 0 Å². The fourth-order valence-electron chi connectivity index (χ4n) is 10.9. The third-order valence-electron chi connectivity index (χ3n) is 15.3. The number of halogens is 11. The molecular weight excluding hydrogens is 1210 g/mol. The van der Waals surface area contributed by atoms with E-state index >= 15 is 0 Å². The summed E-state index contributed by atoms with van der Waals surface area (Å²) < 4.78 is 135. The van der Waals surface area contributed by atoms with Crippen LogP contribution in [0.1, 0.15) is 109 Å². The van der Waals surface area contributed by atoms with Gasteiger partial charge in [0.15, 0.2) is 5.78 Å². The first-order valence-electron chi connectivity index (χ1n) is 28.7. The molecule has 0 saturated carbocycles. The molecule has 90 heavy (non-hydrogen) atoms. The second kappa shape index (κ2) is 31.2. The molecule has 5 heterocycles. The van der Waals surface area contributed by atoms with Crippen molar-refractivity contribution >= 4 is 45.7 Å². The standard InChI is InChI=1S/C29H27ClF3N3O2.C18H19F3N2O.C12H14F3NO.C6H4FNO2.CH4/c1-2-25-28(26-18-22(30)13-16-36(26)34-25)27(37)17-19-3-7-23(8-4-19)35-14-11-21(12-15-35)20-5-9-24(10-6-20)38-29(31,32)33;19-18(20,21)24-17-7-1-13(2-8-17)14-9-11-23(12-10-14)16-5-3-15(22)4-6-16;13-12(14,15)17-11-3-1-9(2-4-11)10-5-7-16-8-6-10;7-5-1-3-6(4-2-5)8(9)10;/h3-10,13,16,18,21H,2,11-12,14-15,17H2,1H3;1-8,14H,9-12,22H2;1-4,10,16H,5-8H2;1-4H;1H4. The van der Waals surface area contributed by atoms with Gasteiger partial charge in [-0.15, -0.1) is 39.5 Å². The van der Waals surface area contributed by atoms with Crippen molar-refractivity contribution < 1.29 is 67.8 Å². The van der Waals surface area contributed by atoms with Gasteiger partial charge in [-0.3, -0.25) is 14.9 Å². The van der Waals surface area contributed by atoms with E-state index < -0.39 is 29.8 Å². The van der Waals surface area contributed by atoms with Crippen LogP contribution in [0.4, 0.5) is 66.7 Å². The molecule has 0 atom stereocenters. The number of Topliss-reactive ketones (excluding diaryl/α,β-unsaturated/α-hetero) is 1. The molecule has 3 fully saturated rings. The number of anilines is 3. The fourth-order valence-corrected chi connectivity index (χ4v) is 11.0. The Hall–Kier alpha value is -8.57. The number of piperidine rings is 3. The molecule has 3 aliphatic rings. The lowest BCUT2D eigenvalue weighted by atomic mass is 9.89. The lowest BCUT2D eigenvalue weighted by Gasteiger charge is -2.34. The number of nitro benzene ring substituents is 1. The van der Waals surface area contributed by atoms with Gasteiger partial charge in [-0.2, -0.15) is 5.10 Å². The van der Waals surface area contributed by atoms with Crippen LogP contribution in [0, 0.1) is 15.9 Å². The number of nitrogens with one attached hydrogen (secondary N) is 1. The van der Waals surface area contributed by atoms with Gasteiger partial charge in [0.1, 0.15) is 23.1 Å². The minimum Gasteiger partial charge on any atom is -0.406 e. The van der Waals surface area contributed by atoms with Crippen molar-refractivity contribution in [3.63, 3.8) is 0 Å². The van der Waals surface area contributed by atoms with Gasteiger partial charge in [-0.25, -0.2) is 8.91 Å². The summed E-state index contributed by atoms with van der Waals surface area (Å²) in [7, 11) is 0. The van der Waals surface area contributed by atoms with Gasteiger partial charge < -0.3 is 35.1 Å². The highest BCUT2D eigenvalue weighted by atomic mass is 35.5. The predicted molar refractivity (Wildman–Crippen MR) is 327 cm³/mol. The Bertz CT molecular complexity index is 3540. The molecule has 8 aromatic rings. The van der Waals surface area contributed by atoms with E-state index in [-0.39, 0.29) is 48.5 Å². The van der Waals surface area contributed by atoms with Gasteiger partial charge in [-0.1, -0.05) is 74.5 Å². The zero-order chi connectivity index (χ0) is 63.9. The number of carbonyl (C=O) groups is 1. The third-order valence-corrected chi connectivity index (χ3v) is 15.6. The van der Waals surface area contributed by atoms with Crippen LogP contribution in [-0.2, 0) is 12.8 Å². The molecule has 480 valence electrons. The molecular formula is C66H68ClF10N7O6. The number of non-ortho nitro benzene ring substituents is 1. The van der Waals surface area contributed by atoms with E-state index in [2.05, 4.69) is 34.4 Å². The number of nitrogens with zero attached hydrogens (tertiary/aromatic N) is 5. The Labute approximate surface area is 519 Å². The third kappa shape index (κ3) is 20.8. The fraction of sp³-hybridized carbons (Fsp3) is 0.333. The van der Waals surface area contributed by atoms with Crippen molar-refractivity contribution in [3.05, 3.63) is 218 Å². The second-order valence-electron chi connectivity index (χ2n) is 21.3. The van der Waals surface area contributed by atoms with Crippen molar-refractivity contribution in [1.82, 2.24) is 14.9 Å². The summed E-state index contributed by atoms with van der Waals surface area (Å²) >= 11 is 6.17. The number of ketones is 1. The SMILES string of the molecule is C.CCc1nn2ccc(Cl)cc2c1C(=O)Cc1ccc(N2CCC(c3ccc(OC(F)(F)F)cc3)CC2)cc1.FC(F)(F)Oc1ccc(C2CCNCC2)cc1.Nc1ccc(N2CCC(c3ccc(OC(F)(F)F)cc3)CC2)cc1.O=[N+]([O-])c1ccc(F)cc1. The summed E-state index contributed by atoms with van der Waals surface area (Å²) in [6, 6.07) is 42.3. The Morgan fingerprint density at radius 1 is 0.611 bits per heavy atom. The number of nitrogens with two attached hydrogens (primary N) is 1. The maximum atomic E-state index is 13.3. The predicted octanol–water partition coefficient (Wildman–Crippen LogP) is 17.2. The Balaban J connectivity index is 0.000000189. The molecule has 3 N–H and O–H groups in total. The Morgan fingerprint density at radius 3 is 1.40 bits per heavy atom. The molecule has 3 aliphatic heterocycles. The summed E-state index contributed by atoms with van der Waals surface area (Å²) in [6.45, 7) is 7.41. The quantitative estimate of drug-likeness (QED) is 0.0373. The molecule has 13 nitrogen and oxygen atoms in total. The van der Waals surface area contributed by atoms with Crippen molar-refractivity contribution in [2.45, 2.75) is 103 Å². The van der Waals surface area contributed by atoms with Gasteiger partial charge in [0, 0.05) is 73.0 Å². The topological polar surface area (TPSA) is 150 Å². The summed E-state index contributed by atoms with van der Waals surface area (Å²) in [5.41, 5.74) is 14.8. The number of pyridine rings is 1. The van der Waals surface area contributed by atoms with E-state index in [1.165, 1.54) is 36.4 Å². The number of rotatable bonds is 13. The highest BCUT2D eigenvalue weighted by Crippen LogP contribution is 2.36. The summed E-state index contributed by atoms with van der Waals surface area (Å²) in [6.07, 6.45) is -5.47. The van der Waals surface area contributed by atoms with Gasteiger partial charge in [-0.05, 0) is 195 Å². The summed E-state index contributed by atoms with van der Waals surface area (Å²) in [4.78, 5) is 27.3. The molecule has 2 aromatic heterocycles. The Morgan fingerprint density at radius 2 is 1.01 bits per heavy atom. The zero-order valence-electron chi connectivity index (χ0n) is 48.1. The average molecular weight is 1280 g/mol. The minimum absolute atomic E-state index is 0. The molecule has 0 bridgehead atoms. The molecule has 11 rings (SSSR count). The van der Waals surface area contributed by atoms with E-state index in [1.807, 2.05) is 55.5 Å². The highest BCUT2D eigenvalue weighted by molar-refractivity contribution is 6.31. The van der Waals surface area contributed by atoms with E-state index in [0.29, 0.717) is 28.8 Å². The monoisotopic (exact) mass is 1280 g/mol. The number of aromatic nitrogens is 2. The second-order valence-corrected chi connectivity index (χ2v) is 21.8. The lowest BCUT2D eigenvalue weighted by Crippen LogP contribution is -2.32. The number of fused-ring (bicyclic) bond motifs is 1. The molecule has 6 aromatic carbocycles. The first kappa shape index (κ1) is 68.9. The maximum absolute atomic E-state index is 13.3. The van der Waals surface area contributed by atoms with Gasteiger partial charge in [0.05, 0.1) is 21.7 Å². The normalized spacial score (nSPS) is 15.0. The van der Waals surface area contributed by atoms with Crippen LogP contribution in [0.5, 0.6) is 17.2 Å². The lowest BCUT2D eigenvalue weighted by molar-refractivity contribution is -0.384. The molecule has 0 unspecified atom stereocenters. The number of aryl methyl sites for hydroxylation is 1. The molecule has 0 amide bonds. The number of ether oxygens (including phenoxy) is 3. The number of hydrogen-bond donors (Lipinski definition) is 2. The van der Waals surface area contributed by atoms with E-state index in [1.54, 1.807) is 59.2 Å². The average Bonchev–Trinajstić information content (AvgIpc) is 1.68. The Kier molecular flexibility index (Phi) is 23.9. The number of hydrogen-bond acceptors (Lipinski definition) is 11. The molecule has 0 aliphatic carbocycles. The minimum atomic E-state index is -4.68. The van der Waals surface area contributed by atoms with Crippen LogP contribution in [-0.4, -0.2) is 78.7 Å². The first-order chi connectivity index (χ1) is 42.3. The van der Waals surface area contributed by atoms with Gasteiger partial charge in [0.2, 0.25) is 0 Å². The number of nitro groups is 1. The van der Waals surface area contributed by atoms with E-state index in [4.69, 9.17) is 17.3 Å². The van der Waals surface area contributed by atoms with Crippen LogP contribution < -0.4 is 35.1 Å². The number of nitrogen functional groups attached to an aromatic ring is 1. The summed E-state index contributed by atoms with van der Waals surface area (Å²) in [5, 5.41) is 18.3. The van der Waals surface area contributed by atoms with Crippen molar-refractivity contribution in [1.29, 1.82) is 0 Å². The van der Waals surface area contributed by atoms with Crippen molar-refractivity contribution in [3.8, 4) is 17.2 Å². The zero-order valence-corrected chi connectivity index (χ0v) is 48.9. The number of benzene rings is 6. The number of alkyl halides is 9. The largest absolute Gasteiger partial charge is 0.573 e. The van der Waals surface area contributed by atoms with E-state index in [0.717, 1.165) is 153 Å². The van der Waals surface area contributed by atoms with Crippen LogP contribution >= 0.6 is 11.6 Å². The van der Waals surface area contributed by atoms with Crippen LogP contribution in [0.15, 0.2) is 164 Å². The molecule has 24 heteroatoms. The first-order valence-corrected chi connectivity index (χ1v) is 29.0. The molecule has 0 spiro atoms. The summed E-state index contributed by atoms with van der Waals surface area (Å²) in [5.74, 6) is 0.0978. The number of carbonyl (C=O) groups excluding carboxylic acids is 1. The van der Waals surface area contributed by atoms with E-state index in [9.17, 15) is 58.8 Å². The van der Waals surface area contributed by atoms with Crippen molar-refractivity contribution in [2.75, 3.05) is 54.8 Å². The van der Waals surface area contributed by atoms with Crippen LogP contribution in [0.3, 0.4) is 0 Å². The van der Waals surface area contributed by atoms with Gasteiger partial charge in [0.25, 0.3) is 5.69 Å². The van der Waals surface area contributed by atoms with Crippen LogP contribution in [0.25, 0.3) is 5.52 Å².